The first kappa shape index (κ1) is 18.8. The van der Waals surface area contributed by atoms with Crippen LogP contribution in [-0.4, -0.2) is 5.91 Å². The zero-order chi connectivity index (χ0) is 13.6. The van der Waals surface area contributed by atoms with Crippen LogP contribution in [0, 0.1) is 5.92 Å². The number of carbonyl (C=O) groups excluding carboxylic acids is 1. The molecule has 0 aliphatic heterocycles. The summed E-state index contributed by atoms with van der Waals surface area (Å²) < 4.78 is 0. The van der Waals surface area contributed by atoms with Gasteiger partial charge in [-0.05, 0) is 12.8 Å². The van der Waals surface area contributed by atoms with E-state index < -0.39 is 17.0 Å². The summed E-state index contributed by atoms with van der Waals surface area (Å²) in [6.45, 7) is 0. The number of carbonyl (C=O) groups is 1. The Bertz CT molecular complexity index is 193. The molecule has 2 N–H and O–H groups in total. The van der Waals surface area contributed by atoms with Gasteiger partial charge < -0.3 is 5.73 Å². The quantitative estimate of drug-likeness (QED) is 0.692. The average molecular weight is 330 g/mol. The van der Waals surface area contributed by atoms with Gasteiger partial charge in [0.05, 0.1) is 0 Å². The van der Waals surface area contributed by atoms with Crippen LogP contribution in [0.2, 0.25) is 0 Å². The maximum absolute atomic E-state index is 11.2. The third kappa shape index (κ3) is 11.8. The SMILES string of the molecule is NC(=O)C1CCCCCCCCCCC1.[Cl][Ti][Cl]. The molecule has 1 fully saturated rings. The van der Waals surface area contributed by atoms with E-state index in [1.54, 1.807) is 0 Å². The van der Waals surface area contributed by atoms with Crippen molar-refractivity contribution in [1.29, 1.82) is 0 Å². The topological polar surface area (TPSA) is 43.1 Å². The first-order valence-corrected chi connectivity index (χ1v) is 11.3. The molecule has 0 spiro atoms. The Labute approximate surface area is 128 Å². The predicted molar refractivity (Wildman–Crippen MR) is 75.2 cm³/mol. The van der Waals surface area contributed by atoms with Gasteiger partial charge in [-0.2, -0.15) is 0 Å². The fourth-order valence-electron chi connectivity index (χ4n) is 2.45. The van der Waals surface area contributed by atoms with Crippen molar-refractivity contribution in [2.45, 2.75) is 70.6 Å². The standard InChI is InChI=1S/C13H25NO.2ClH.Ti/c14-13(15)12-10-8-6-4-2-1-3-5-7-9-11-12;;;/h12H,1-11H2,(H2,14,15);2*1H;/q;;;+2/p-2. The van der Waals surface area contributed by atoms with E-state index in [9.17, 15) is 4.79 Å². The first-order valence-electron chi connectivity index (χ1n) is 6.98. The molecule has 2 nitrogen and oxygen atoms in total. The van der Waals surface area contributed by atoms with Gasteiger partial charge in [-0.25, -0.2) is 0 Å². The van der Waals surface area contributed by atoms with Crippen LogP contribution in [0.15, 0.2) is 0 Å². The van der Waals surface area contributed by atoms with Crippen LogP contribution in [0.1, 0.15) is 70.6 Å². The molecule has 18 heavy (non-hydrogen) atoms. The molecule has 1 aliphatic rings. The molecule has 0 heterocycles. The summed E-state index contributed by atoms with van der Waals surface area (Å²) in [5.41, 5.74) is 5.41. The molecule has 1 amide bonds. The third-order valence-electron chi connectivity index (χ3n) is 3.51. The monoisotopic (exact) mass is 329 g/mol. The summed E-state index contributed by atoms with van der Waals surface area (Å²) in [7, 11) is 9.78. The van der Waals surface area contributed by atoms with Crippen molar-refractivity contribution in [2.75, 3.05) is 0 Å². The number of hydrogen-bond donors (Lipinski definition) is 1. The number of nitrogens with two attached hydrogens (primary N) is 1. The van der Waals surface area contributed by atoms with E-state index in [0.717, 1.165) is 12.8 Å². The number of hydrogen-bond acceptors (Lipinski definition) is 1. The van der Waals surface area contributed by atoms with Crippen molar-refractivity contribution in [2.24, 2.45) is 11.7 Å². The number of amides is 1. The van der Waals surface area contributed by atoms with Crippen molar-refractivity contribution in [3.63, 3.8) is 0 Å². The Morgan fingerprint density at radius 3 is 1.39 bits per heavy atom. The van der Waals surface area contributed by atoms with Gasteiger partial charge in [0.1, 0.15) is 0 Å². The number of primary amides is 1. The molecule has 1 aliphatic carbocycles. The van der Waals surface area contributed by atoms with Gasteiger partial charge in [0, 0.05) is 5.92 Å². The van der Waals surface area contributed by atoms with Crippen molar-refractivity contribution in [3.05, 3.63) is 0 Å². The van der Waals surface area contributed by atoms with Gasteiger partial charge in [0.15, 0.2) is 0 Å². The average Bonchev–Trinajstić information content (AvgIpc) is 2.30. The van der Waals surface area contributed by atoms with Crippen LogP contribution in [0.5, 0.6) is 0 Å². The van der Waals surface area contributed by atoms with Gasteiger partial charge in [-0.15, -0.1) is 0 Å². The summed E-state index contributed by atoms with van der Waals surface area (Å²) in [6.07, 6.45) is 13.8. The Hall–Kier alpha value is 0.764. The van der Waals surface area contributed by atoms with Gasteiger partial charge in [0.2, 0.25) is 5.91 Å². The fraction of sp³-hybridized carbons (Fsp3) is 0.923. The fourth-order valence-corrected chi connectivity index (χ4v) is 2.45. The van der Waals surface area contributed by atoms with Crippen molar-refractivity contribution in [1.82, 2.24) is 0 Å². The summed E-state index contributed by atoms with van der Waals surface area (Å²) in [5.74, 6) is 0.0801. The van der Waals surface area contributed by atoms with E-state index in [0.29, 0.717) is 0 Å². The van der Waals surface area contributed by atoms with Crippen molar-refractivity contribution >= 4 is 24.5 Å². The van der Waals surface area contributed by atoms with E-state index in [1.807, 2.05) is 0 Å². The molecule has 106 valence electrons. The molecule has 0 aromatic carbocycles. The van der Waals surface area contributed by atoms with E-state index in [-0.39, 0.29) is 11.8 Å². The van der Waals surface area contributed by atoms with Crippen LogP contribution in [0.25, 0.3) is 0 Å². The summed E-state index contributed by atoms with van der Waals surface area (Å²) in [5, 5.41) is 0. The molecule has 0 saturated heterocycles. The molecule has 0 aromatic rings. The van der Waals surface area contributed by atoms with Crippen LogP contribution >= 0.6 is 18.6 Å². The molecule has 5 heteroatoms. The number of halogens is 2. The summed E-state index contributed by atoms with van der Waals surface area (Å²) >= 11 is -0.556. The van der Waals surface area contributed by atoms with Gasteiger partial charge in [-0.1, -0.05) is 57.8 Å². The Morgan fingerprint density at radius 2 is 1.11 bits per heavy atom. The normalized spacial score (nSPS) is 19.7. The van der Waals surface area contributed by atoms with E-state index in [4.69, 9.17) is 24.3 Å². The zero-order valence-electron chi connectivity index (χ0n) is 11.1. The summed E-state index contributed by atoms with van der Waals surface area (Å²) in [6, 6.07) is 0. The molecule has 0 bridgehead atoms. The Morgan fingerprint density at radius 1 is 0.833 bits per heavy atom. The van der Waals surface area contributed by atoms with Gasteiger partial charge in [-0.3, -0.25) is 4.79 Å². The van der Waals surface area contributed by atoms with Crippen LogP contribution in [0.4, 0.5) is 0 Å². The van der Waals surface area contributed by atoms with E-state index in [1.165, 1.54) is 57.8 Å². The van der Waals surface area contributed by atoms with Crippen molar-refractivity contribution in [3.8, 4) is 0 Å². The minimum absolute atomic E-state index is 0.0768. The van der Waals surface area contributed by atoms with Crippen LogP contribution in [0.3, 0.4) is 0 Å². The van der Waals surface area contributed by atoms with E-state index in [2.05, 4.69) is 0 Å². The molecule has 0 unspecified atom stereocenters. The molecule has 1 rings (SSSR count). The van der Waals surface area contributed by atoms with Gasteiger partial charge >= 0.3 is 35.6 Å². The third-order valence-corrected chi connectivity index (χ3v) is 3.51. The molecular formula is C13H25Cl2NOTi. The maximum atomic E-state index is 11.2. The minimum atomic E-state index is -0.556. The molecule has 0 aromatic heterocycles. The molecule has 0 atom stereocenters. The van der Waals surface area contributed by atoms with Crippen molar-refractivity contribution < 1.29 is 21.8 Å². The van der Waals surface area contributed by atoms with Crippen LogP contribution in [-0.2, 0) is 21.8 Å². The molecule has 0 radical (unpaired) electrons. The molecular weight excluding hydrogens is 305 g/mol. The number of rotatable bonds is 1. The first-order chi connectivity index (χ1) is 8.72. The summed E-state index contributed by atoms with van der Waals surface area (Å²) in [4.78, 5) is 11.2. The predicted octanol–water partition coefficient (Wildman–Crippen LogP) is 4.77. The van der Waals surface area contributed by atoms with Gasteiger partial charge in [0.25, 0.3) is 0 Å². The zero-order valence-corrected chi connectivity index (χ0v) is 14.2. The molecule has 1 saturated carbocycles. The second kappa shape index (κ2) is 14.2. The Kier molecular flexibility index (Phi) is 14.8. The second-order valence-corrected chi connectivity index (χ2v) is 7.51. The Balaban J connectivity index is 0.000000873. The second-order valence-electron chi connectivity index (χ2n) is 4.93. The van der Waals surface area contributed by atoms with Crippen LogP contribution < -0.4 is 5.73 Å². The van der Waals surface area contributed by atoms with E-state index >= 15 is 0 Å².